The van der Waals surface area contributed by atoms with Crippen molar-refractivity contribution in [3.05, 3.63) is 88.8 Å². The Balaban J connectivity index is 1.32. The van der Waals surface area contributed by atoms with Gasteiger partial charge in [0, 0.05) is 30.5 Å². The van der Waals surface area contributed by atoms with Gasteiger partial charge in [-0.1, -0.05) is 38.0 Å². The third-order valence-electron chi connectivity index (χ3n) is 6.91. The van der Waals surface area contributed by atoms with E-state index in [1.54, 1.807) is 0 Å². The molecule has 0 saturated carbocycles. The van der Waals surface area contributed by atoms with Crippen LogP contribution in [0.2, 0.25) is 0 Å². The van der Waals surface area contributed by atoms with E-state index >= 15 is 0 Å². The largest absolute Gasteiger partial charge is 0.387 e. The number of aliphatic hydroxyl groups is 1. The van der Waals surface area contributed by atoms with Crippen molar-refractivity contribution in [2.24, 2.45) is 0 Å². The van der Waals surface area contributed by atoms with Gasteiger partial charge in [-0.05, 0) is 74.1 Å². The Morgan fingerprint density at radius 2 is 2.03 bits per heavy atom. The number of hydrogen-bond acceptors (Lipinski definition) is 5. The van der Waals surface area contributed by atoms with Gasteiger partial charge in [-0.25, -0.2) is 14.6 Å². The second-order valence-electron chi connectivity index (χ2n) is 9.72. The maximum absolute atomic E-state index is 10.4. The van der Waals surface area contributed by atoms with Gasteiger partial charge in [0.15, 0.2) is 5.82 Å². The van der Waals surface area contributed by atoms with E-state index in [1.807, 2.05) is 42.5 Å². The molecule has 186 valence electrons. The van der Waals surface area contributed by atoms with Crippen LogP contribution in [0.5, 0.6) is 0 Å². The zero-order chi connectivity index (χ0) is 25.1. The van der Waals surface area contributed by atoms with Crippen molar-refractivity contribution in [3.63, 3.8) is 0 Å². The van der Waals surface area contributed by atoms with Crippen LogP contribution < -0.4 is 0 Å². The quantitative estimate of drug-likeness (QED) is 0.343. The maximum Gasteiger partial charge on any atom is 0.174 e. The molecule has 1 aliphatic heterocycles. The Morgan fingerprint density at radius 1 is 1.14 bits per heavy atom. The molecule has 1 unspecified atom stereocenters. The van der Waals surface area contributed by atoms with E-state index in [0.29, 0.717) is 0 Å². The normalized spacial score (nSPS) is 16.4. The summed E-state index contributed by atoms with van der Waals surface area (Å²) in [5.74, 6) is 1.88. The fourth-order valence-electron chi connectivity index (χ4n) is 4.92. The number of fused-ring (bicyclic) bond motifs is 1. The van der Waals surface area contributed by atoms with Crippen LogP contribution in [0.4, 0.5) is 0 Å². The number of aliphatic hydroxyl groups excluding tert-OH is 1. The molecule has 1 N–H and O–H groups in total. The average molecular weight is 483 g/mol. The van der Waals surface area contributed by atoms with Gasteiger partial charge in [-0.15, -0.1) is 0 Å². The first-order valence-electron chi connectivity index (χ1n) is 12.9. The lowest BCUT2D eigenvalue weighted by molar-refractivity contribution is 0.159. The van der Waals surface area contributed by atoms with E-state index in [1.165, 1.54) is 5.56 Å². The molecular weight excluding hydrogens is 448 g/mol. The highest BCUT2D eigenvalue weighted by Gasteiger charge is 2.26. The van der Waals surface area contributed by atoms with Gasteiger partial charge in [-0.2, -0.15) is 5.10 Å². The Labute approximate surface area is 212 Å². The molecule has 4 heterocycles. The van der Waals surface area contributed by atoms with Crippen molar-refractivity contribution in [2.45, 2.75) is 71.4 Å². The Kier molecular flexibility index (Phi) is 7.09. The summed E-state index contributed by atoms with van der Waals surface area (Å²) in [6, 6.07) is 10.4. The third kappa shape index (κ3) is 5.16. The molecule has 4 aromatic rings. The van der Waals surface area contributed by atoms with Crippen molar-refractivity contribution in [3.8, 4) is 5.69 Å². The number of hydrogen-bond donors (Lipinski definition) is 1. The summed E-state index contributed by atoms with van der Waals surface area (Å²) in [5, 5.41) is 15.1. The SMILES string of the molecule is CCCCC(O)c1ccc([C@H]2CCCn3nc(/C=C/c4ccc(-n5cnc(C)c5)c(C)c4)nc32)cn1. The lowest BCUT2D eigenvalue weighted by Gasteiger charge is -2.22. The number of nitrogens with zero attached hydrogens (tertiary/aromatic N) is 6. The first-order chi connectivity index (χ1) is 17.5. The lowest BCUT2D eigenvalue weighted by Crippen LogP contribution is -2.18. The zero-order valence-electron chi connectivity index (χ0n) is 21.3. The number of aromatic nitrogens is 6. The number of rotatable bonds is 8. The predicted molar refractivity (Wildman–Crippen MR) is 142 cm³/mol. The van der Waals surface area contributed by atoms with E-state index in [-0.39, 0.29) is 5.92 Å². The summed E-state index contributed by atoms with van der Waals surface area (Å²) in [6.07, 6.45) is 14.3. The molecule has 1 aliphatic rings. The van der Waals surface area contributed by atoms with Gasteiger partial charge >= 0.3 is 0 Å². The number of aryl methyl sites for hydroxylation is 3. The zero-order valence-corrected chi connectivity index (χ0v) is 21.3. The Bertz CT molecular complexity index is 1350. The number of imidazole rings is 1. The highest BCUT2D eigenvalue weighted by atomic mass is 16.3. The predicted octanol–water partition coefficient (Wildman–Crippen LogP) is 5.80. The molecule has 0 saturated heterocycles. The van der Waals surface area contributed by atoms with E-state index < -0.39 is 6.10 Å². The van der Waals surface area contributed by atoms with E-state index in [9.17, 15) is 5.11 Å². The van der Waals surface area contributed by atoms with Crippen LogP contribution in [0.25, 0.3) is 17.8 Å². The van der Waals surface area contributed by atoms with Crippen LogP contribution in [-0.4, -0.2) is 34.4 Å². The molecule has 0 aliphatic carbocycles. The fourth-order valence-corrected chi connectivity index (χ4v) is 4.92. The highest BCUT2D eigenvalue weighted by molar-refractivity contribution is 5.68. The van der Waals surface area contributed by atoms with Gasteiger partial charge in [-0.3, -0.25) is 4.98 Å². The van der Waals surface area contributed by atoms with Crippen LogP contribution in [-0.2, 0) is 6.54 Å². The van der Waals surface area contributed by atoms with Gasteiger partial charge in [0.2, 0.25) is 0 Å². The second-order valence-corrected chi connectivity index (χ2v) is 9.72. The second kappa shape index (κ2) is 10.6. The minimum atomic E-state index is -0.493. The van der Waals surface area contributed by atoms with Crippen LogP contribution in [0.1, 0.15) is 90.8 Å². The number of benzene rings is 1. The van der Waals surface area contributed by atoms with Crippen LogP contribution in [0, 0.1) is 13.8 Å². The molecule has 2 atom stereocenters. The Morgan fingerprint density at radius 3 is 2.75 bits per heavy atom. The monoisotopic (exact) mass is 482 g/mol. The number of pyridine rings is 1. The molecule has 1 aromatic carbocycles. The first kappa shape index (κ1) is 24.1. The standard InChI is InChI=1S/C29H34N6O/c1-4-5-8-27(36)25-12-11-23(17-30-25)24-7-6-15-35-29(24)32-28(33-35)14-10-22-9-13-26(20(2)16-22)34-18-21(3)31-19-34/h9-14,16-19,24,27,36H,4-8,15H2,1-3H3/b14-10+/t24-,27?/m1/s1. The minimum absolute atomic E-state index is 0.169. The number of unbranched alkanes of at least 4 members (excludes halogenated alkanes) is 1. The summed E-state index contributed by atoms with van der Waals surface area (Å²) in [5.41, 5.74) is 6.30. The fraction of sp³-hybridized carbons (Fsp3) is 0.379. The molecule has 0 fully saturated rings. The van der Waals surface area contributed by atoms with E-state index in [2.05, 4.69) is 58.7 Å². The van der Waals surface area contributed by atoms with Crippen LogP contribution >= 0.6 is 0 Å². The van der Waals surface area contributed by atoms with Gasteiger partial charge < -0.3 is 9.67 Å². The summed E-state index contributed by atoms with van der Waals surface area (Å²) in [7, 11) is 0. The molecule has 36 heavy (non-hydrogen) atoms. The molecule has 7 heteroatoms. The van der Waals surface area contributed by atoms with Crippen LogP contribution in [0.15, 0.2) is 49.1 Å². The van der Waals surface area contributed by atoms with Gasteiger partial charge in [0.1, 0.15) is 5.82 Å². The molecule has 0 bridgehead atoms. The van der Waals surface area contributed by atoms with Crippen molar-refractivity contribution in [1.29, 1.82) is 0 Å². The van der Waals surface area contributed by atoms with Gasteiger partial charge in [0.25, 0.3) is 0 Å². The smallest absolute Gasteiger partial charge is 0.174 e. The first-order valence-corrected chi connectivity index (χ1v) is 12.9. The summed E-state index contributed by atoms with van der Waals surface area (Å²) in [6.45, 7) is 7.12. The van der Waals surface area contributed by atoms with Crippen molar-refractivity contribution in [1.82, 2.24) is 29.3 Å². The molecule has 5 rings (SSSR count). The minimum Gasteiger partial charge on any atom is -0.387 e. The average Bonchev–Trinajstić information content (AvgIpc) is 3.52. The Hall–Kier alpha value is -3.58. The summed E-state index contributed by atoms with van der Waals surface area (Å²) < 4.78 is 4.09. The maximum atomic E-state index is 10.4. The topological polar surface area (TPSA) is 81.6 Å². The molecular formula is C29H34N6O. The molecule has 0 radical (unpaired) electrons. The van der Waals surface area contributed by atoms with Crippen molar-refractivity contribution >= 4 is 12.2 Å². The summed E-state index contributed by atoms with van der Waals surface area (Å²) >= 11 is 0. The lowest BCUT2D eigenvalue weighted by atomic mass is 9.92. The molecule has 3 aromatic heterocycles. The van der Waals surface area contributed by atoms with E-state index in [4.69, 9.17) is 10.1 Å². The van der Waals surface area contributed by atoms with Crippen LogP contribution in [0.3, 0.4) is 0 Å². The highest BCUT2D eigenvalue weighted by Crippen LogP contribution is 2.32. The molecule has 0 spiro atoms. The summed E-state index contributed by atoms with van der Waals surface area (Å²) in [4.78, 5) is 13.8. The molecule has 0 amide bonds. The van der Waals surface area contributed by atoms with Crippen molar-refractivity contribution in [2.75, 3.05) is 0 Å². The van der Waals surface area contributed by atoms with Gasteiger partial charge in [0.05, 0.1) is 23.8 Å². The van der Waals surface area contributed by atoms with E-state index in [0.717, 1.165) is 78.5 Å². The third-order valence-corrected chi connectivity index (χ3v) is 6.91. The van der Waals surface area contributed by atoms with Crippen molar-refractivity contribution < 1.29 is 5.11 Å². The molecule has 7 nitrogen and oxygen atoms in total.